The molecule has 1 saturated heterocycles. The number of nitrogens with zero attached hydrogens (tertiary/aromatic N) is 6. The Morgan fingerprint density at radius 2 is 2.03 bits per heavy atom. The summed E-state index contributed by atoms with van der Waals surface area (Å²) in [5, 5.41) is 6.44. The molecule has 2 fully saturated rings. The van der Waals surface area contributed by atoms with Crippen LogP contribution >= 0.6 is 0 Å². The molecule has 1 saturated carbocycles. The fraction of sp³-hybridized carbons (Fsp3) is 0.520. The fourth-order valence-corrected chi connectivity index (χ4v) is 4.75. The van der Waals surface area contributed by atoms with Crippen molar-refractivity contribution in [3.8, 4) is 0 Å². The second-order valence-electron chi connectivity index (χ2n) is 10.4. The summed E-state index contributed by atoms with van der Waals surface area (Å²) in [6.45, 7) is 6.61. The number of likely N-dealkylation sites (tertiary alicyclic amines) is 1. The molecule has 190 valence electrons. The third kappa shape index (κ3) is 5.09. The highest BCUT2D eigenvalue weighted by Gasteiger charge is 2.39. The molecule has 3 aromatic rings. The maximum atomic E-state index is 13.0. The Labute approximate surface area is 209 Å². The number of pyridine rings is 1. The first kappa shape index (κ1) is 24.0. The number of hydrogen-bond donors (Lipinski definition) is 2. The molecule has 1 aliphatic carbocycles. The Morgan fingerprint density at radius 3 is 2.78 bits per heavy atom. The molecular weight excluding hydrogens is 460 g/mol. The van der Waals surface area contributed by atoms with E-state index in [1.807, 2.05) is 39.1 Å². The molecule has 2 aliphatic rings. The van der Waals surface area contributed by atoms with Gasteiger partial charge in [0.2, 0.25) is 5.91 Å². The Morgan fingerprint density at radius 1 is 1.19 bits per heavy atom. The third-order valence-electron chi connectivity index (χ3n) is 6.58. The molecule has 11 nitrogen and oxygen atoms in total. The first-order valence-electron chi connectivity index (χ1n) is 12.4. The molecule has 5 rings (SSSR count). The first-order valence-corrected chi connectivity index (χ1v) is 12.4. The summed E-state index contributed by atoms with van der Waals surface area (Å²) in [6, 6.07) is 3.65. The maximum Gasteiger partial charge on any atom is 0.410 e. The van der Waals surface area contributed by atoms with Crippen molar-refractivity contribution < 1.29 is 14.3 Å². The van der Waals surface area contributed by atoms with Crippen molar-refractivity contribution in [2.45, 2.75) is 76.7 Å². The van der Waals surface area contributed by atoms with Crippen LogP contribution in [0.4, 0.5) is 10.6 Å². The SMILES string of the molecule is CC(C)(C)OC(=O)N1CCCC1C(=O)NC1CC(n2cnc3c(NCc4cccnc4)ncnc32)C1. The maximum absolute atomic E-state index is 13.0. The lowest BCUT2D eigenvalue weighted by Gasteiger charge is -2.37. The van der Waals surface area contributed by atoms with Crippen LogP contribution in [-0.4, -0.2) is 65.6 Å². The van der Waals surface area contributed by atoms with Gasteiger partial charge in [-0.3, -0.25) is 14.7 Å². The quantitative estimate of drug-likeness (QED) is 0.538. The van der Waals surface area contributed by atoms with Crippen LogP contribution in [0.3, 0.4) is 0 Å². The molecule has 4 heterocycles. The van der Waals surface area contributed by atoms with E-state index in [-0.39, 0.29) is 18.0 Å². The Balaban J connectivity index is 1.18. The van der Waals surface area contributed by atoms with Crippen molar-refractivity contribution in [3.63, 3.8) is 0 Å². The van der Waals surface area contributed by atoms with Crippen LogP contribution in [0, 0.1) is 0 Å². The number of anilines is 1. The molecule has 0 radical (unpaired) electrons. The topological polar surface area (TPSA) is 127 Å². The number of amides is 2. The van der Waals surface area contributed by atoms with Gasteiger partial charge in [0.25, 0.3) is 0 Å². The van der Waals surface area contributed by atoms with Gasteiger partial charge in [-0.2, -0.15) is 0 Å². The standard InChI is InChI=1S/C25H32N8O3/c1-25(2,3)36-24(35)32-9-5-7-19(32)23(34)31-17-10-18(11-17)33-15-30-20-21(28-14-29-22(20)33)27-13-16-6-4-8-26-12-16/h4,6,8,12,14-15,17-19H,5,7,9-11,13H2,1-3H3,(H,31,34)(H,27,28,29). The number of fused-ring (bicyclic) bond motifs is 1. The monoisotopic (exact) mass is 492 g/mol. The van der Waals surface area contributed by atoms with Gasteiger partial charge in [0.1, 0.15) is 23.5 Å². The van der Waals surface area contributed by atoms with E-state index < -0.39 is 17.7 Å². The zero-order chi connectivity index (χ0) is 25.3. The Bertz CT molecular complexity index is 1230. The van der Waals surface area contributed by atoms with E-state index in [2.05, 4.69) is 35.1 Å². The van der Waals surface area contributed by atoms with Gasteiger partial charge in [-0.05, 0) is 58.1 Å². The molecule has 2 N–H and O–H groups in total. The lowest BCUT2D eigenvalue weighted by atomic mass is 9.86. The van der Waals surface area contributed by atoms with Crippen LogP contribution in [0.1, 0.15) is 58.1 Å². The van der Waals surface area contributed by atoms with Gasteiger partial charge in [0.05, 0.1) is 6.33 Å². The Kier molecular flexibility index (Phi) is 6.46. The van der Waals surface area contributed by atoms with E-state index in [1.54, 1.807) is 17.4 Å². The van der Waals surface area contributed by atoms with E-state index >= 15 is 0 Å². The second kappa shape index (κ2) is 9.71. The molecular formula is C25H32N8O3. The highest BCUT2D eigenvalue weighted by Crippen LogP contribution is 2.35. The fourth-order valence-electron chi connectivity index (χ4n) is 4.75. The van der Waals surface area contributed by atoms with Crippen LogP contribution in [0.5, 0.6) is 0 Å². The largest absolute Gasteiger partial charge is 0.444 e. The summed E-state index contributed by atoms with van der Waals surface area (Å²) in [5.41, 5.74) is 1.94. The molecule has 0 aromatic carbocycles. The summed E-state index contributed by atoms with van der Waals surface area (Å²) in [7, 11) is 0. The lowest BCUT2D eigenvalue weighted by molar-refractivity contribution is -0.127. The minimum absolute atomic E-state index is 0.0473. The number of rotatable bonds is 6. The van der Waals surface area contributed by atoms with Gasteiger partial charge >= 0.3 is 6.09 Å². The number of nitrogens with one attached hydrogen (secondary N) is 2. The number of aromatic nitrogens is 5. The molecule has 1 atom stereocenters. The van der Waals surface area contributed by atoms with Gasteiger partial charge in [-0.1, -0.05) is 6.07 Å². The van der Waals surface area contributed by atoms with Crippen LogP contribution < -0.4 is 10.6 Å². The second-order valence-corrected chi connectivity index (χ2v) is 10.4. The average Bonchev–Trinajstić information content (AvgIpc) is 3.47. The molecule has 3 aromatic heterocycles. The van der Waals surface area contributed by atoms with Gasteiger partial charge in [-0.15, -0.1) is 0 Å². The van der Waals surface area contributed by atoms with Crippen molar-refractivity contribution in [1.82, 2.24) is 34.7 Å². The molecule has 11 heteroatoms. The summed E-state index contributed by atoms with van der Waals surface area (Å²) in [6.07, 6.45) is 9.45. The van der Waals surface area contributed by atoms with Crippen molar-refractivity contribution >= 4 is 29.0 Å². The summed E-state index contributed by atoms with van der Waals surface area (Å²) in [4.78, 5) is 44.5. The van der Waals surface area contributed by atoms with Crippen LogP contribution in [-0.2, 0) is 16.1 Å². The molecule has 2 amide bonds. The van der Waals surface area contributed by atoms with Gasteiger partial charge in [0, 0.05) is 37.6 Å². The number of carbonyl (C=O) groups is 2. The predicted molar refractivity (Wildman–Crippen MR) is 133 cm³/mol. The molecule has 1 aliphatic heterocycles. The minimum atomic E-state index is -0.590. The van der Waals surface area contributed by atoms with Gasteiger partial charge < -0.3 is 19.9 Å². The summed E-state index contributed by atoms with van der Waals surface area (Å²) >= 11 is 0. The molecule has 0 bridgehead atoms. The summed E-state index contributed by atoms with van der Waals surface area (Å²) < 4.78 is 7.54. The predicted octanol–water partition coefficient (Wildman–Crippen LogP) is 3.05. The van der Waals surface area contributed by atoms with Gasteiger partial charge in [-0.25, -0.2) is 19.7 Å². The molecule has 36 heavy (non-hydrogen) atoms. The highest BCUT2D eigenvalue weighted by molar-refractivity contribution is 5.86. The zero-order valence-electron chi connectivity index (χ0n) is 20.8. The van der Waals surface area contributed by atoms with E-state index in [0.717, 1.165) is 30.5 Å². The Hall–Kier alpha value is -3.76. The third-order valence-corrected chi connectivity index (χ3v) is 6.58. The van der Waals surface area contributed by atoms with Crippen molar-refractivity contribution in [2.75, 3.05) is 11.9 Å². The van der Waals surface area contributed by atoms with Crippen LogP contribution in [0.25, 0.3) is 11.2 Å². The molecule has 0 spiro atoms. The van der Waals surface area contributed by atoms with E-state index in [4.69, 9.17) is 4.74 Å². The van der Waals surface area contributed by atoms with E-state index in [1.165, 1.54) is 6.33 Å². The number of hydrogen-bond acceptors (Lipinski definition) is 8. The van der Waals surface area contributed by atoms with Crippen LogP contribution in [0.15, 0.2) is 37.2 Å². The number of imidazole rings is 1. The first-order chi connectivity index (χ1) is 17.3. The van der Waals surface area contributed by atoms with E-state index in [9.17, 15) is 9.59 Å². The van der Waals surface area contributed by atoms with Crippen molar-refractivity contribution in [3.05, 3.63) is 42.7 Å². The number of carbonyl (C=O) groups excluding carboxylic acids is 2. The van der Waals surface area contributed by atoms with Crippen molar-refractivity contribution in [2.24, 2.45) is 0 Å². The smallest absolute Gasteiger partial charge is 0.410 e. The highest BCUT2D eigenvalue weighted by atomic mass is 16.6. The van der Waals surface area contributed by atoms with Gasteiger partial charge in [0.15, 0.2) is 11.5 Å². The van der Waals surface area contributed by atoms with E-state index in [0.29, 0.717) is 30.8 Å². The normalized spacial score (nSPS) is 21.8. The molecule has 1 unspecified atom stereocenters. The lowest BCUT2D eigenvalue weighted by Crippen LogP contribution is -2.52. The minimum Gasteiger partial charge on any atom is -0.444 e. The number of ether oxygens (including phenoxy) is 1. The zero-order valence-corrected chi connectivity index (χ0v) is 20.8. The summed E-state index contributed by atoms with van der Waals surface area (Å²) in [5.74, 6) is 0.566. The average molecular weight is 493 g/mol. The van der Waals surface area contributed by atoms with Crippen molar-refractivity contribution in [1.29, 1.82) is 0 Å². The van der Waals surface area contributed by atoms with Crippen LogP contribution in [0.2, 0.25) is 0 Å².